The summed E-state index contributed by atoms with van der Waals surface area (Å²) < 4.78 is 13.3. The molecule has 8 heteroatoms. The van der Waals surface area contributed by atoms with Crippen molar-refractivity contribution in [1.82, 2.24) is 10.2 Å². The number of carbonyl (C=O) groups is 2. The summed E-state index contributed by atoms with van der Waals surface area (Å²) in [6.45, 7) is 0.115. The molecule has 1 aliphatic rings. The Morgan fingerprint density at radius 3 is 2.23 bits per heavy atom. The highest BCUT2D eigenvalue weighted by atomic mass is 35.5. The van der Waals surface area contributed by atoms with Crippen LogP contribution < -0.4 is 5.32 Å². The number of thioether (sulfide) groups is 1. The van der Waals surface area contributed by atoms with E-state index in [1.807, 2.05) is 30.3 Å². The SMILES string of the molecule is O=C(NC1CCCCC1)[C@H](Cc1ccccc1)N(Cc1c(Cl)cccc1Cl)C(=O)CSCc1ccc(F)cc1. The van der Waals surface area contributed by atoms with Crippen molar-refractivity contribution in [1.29, 1.82) is 0 Å². The van der Waals surface area contributed by atoms with Crippen LogP contribution >= 0.6 is 35.0 Å². The second-order valence-electron chi connectivity index (χ2n) is 9.89. The van der Waals surface area contributed by atoms with E-state index >= 15 is 0 Å². The summed E-state index contributed by atoms with van der Waals surface area (Å²) >= 11 is 14.5. The smallest absolute Gasteiger partial charge is 0.243 e. The van der Waals surface area contributed by atoms with Gasteiger partial charge in [-0.05, 0) is 48.2 Å². The van der Waals surface area contributed by atoms with Crippen molar-refractivity contribution < 1.29 is 14.0 Å². The molecule has 0 spiro atoms. The lowest BCUT2D eigenvalue weighted by Gasteiger charge is -2.34. The molecule has 0 aliphatic heterocycles. The zero-order valence-electron chi connectivity index (χ0n) is 21.8. The summed E-state index contributed by atoms with van der Waals surface area (Å²) in [6, 6.07) is 20.6. The number of benzene rings is 3. The van der Waals surface area contributed by atoms with Crippen molar-refractivity contribution in [2.75, 3.05) is 5.75 Å². The lowest BCUT2D eigenvalue weighted by atomic mass is 9.94. The Balaban J connectivity index is 1.60. The molecule has 0 aromatic heterocycles. The maximum absolute atomic E-state index is 13.8. The van der Waals surface area contributed by atoms with E-state index in [-0.39, 0.29) is 36.0 Å². The Kier molecular flexibility index (Phi) is 11.1. The molecule has 0 radical (unpaired) electrons. The summed E-state index contributed by atoms with van der Waals surface area (Å²) in [5.74, 6) is 0.0604. The fourth-order valence-electron chi connectivity index (χ4n) is 4.87. The van der Waals surface area contributed by atoms with Crippen molar-refractivity contribution in [3.05, 3.63) is 105 Å². The van der Waals surface area contributed by atoms with Crippen LogP contribution in [-0.2, 0) is 28.3 Å². The van der Waals surface area contributed by atoms with E-state index < -0.39 is 6.04 Å². The molecule has 3 aromatic rings. The van der Waals surface area contributed by atoms with Crippen LogP contribution in [0.15, 0.2) is 72.8 Å². The standard InChI is InChI=1S/C31H33Cl2FN2O2S/c32-27-12-7-13-28(33)26(27)19-36(30(37)21-39-20-23-14-16-24(34)17-15-23)29(18-22-8-3-1-4-9-22)31(38)35-25-10-5-2-6-11-25/h1,3-4,7-9,12-17,25,29H,2,5-6,10-11,18-21H2,(H,35,38)/t29-/m0/s1. The normalized spacial score (nSPS) is 14.5. The Labute approximate surface area is 244 Å². The second kappa shape index (κ2) is 14.7. The Morgan fingerprint density at radius 1 is 0.897 bits per heavy atom. The largest absolute Gasteiger partial charge is 0.352 e. The summed E-state index contributed by atoms with van der Waals surface area (Å²) in [7, 11) is 0. The van der Waals surface area contributed by atoms with Gasteiger partial charge in [0.25, 0.3) is 0 Å². The van der Waals surface area contributed by atoms with Crippen molar-refractivity contribution in [2.45, 2.75) is 62.9 Å². The number of hydrogen-bond donors (Lipinski definition) is 1. The first-order chi connectivity index (χ1) is 18.9. The Hall–Kier alpha value is -2.54. The van der Waals surface area contributed by atoms with Gasteiger partial charge in [0.15, 0.2) is 0 Å². The highest BCUT2D eigenvalue weighted by Gasteiger charge is 2.32. The molecule has 0 bridgehead atoms. The number of carbonyl (C=O) groups excluding carboxylic acids is 2. The molecule has 4 rings (SSSR count). The zero-order valence-corrected chi connectivity index (χ0v) is 24.1. The molecule has 1 saturated carbocycles. The van der Waals surface area contributed by atoms with Gasteiger partial charge in [0.05, 0.1) is 5.75 Å². The third-order valence-corrected chi connectivity index (χ3v) is 8.72. The number of rotatable bonds is 11. The lowest BCUT2D eigenvalue weighted by molar-refractivity contribution is -0.139. The van der Waals surface area contributed by atoms with E-state index in [9.17, 15) is 14.0 Å². The third kappa shape index (κ3) is 8.72. The van der Waals surface area contributed by atoms with Crippen LogP contribution in [-0.4, -0.2) is 34.6 Å². The molecular weight excluding hydrogens is 554 g/mol. The quantitative estimate of drug-likeness (QED) is 0.254. The molecule has 206 valence electrons. The fourth-order valence-corrected chi connectivity index (χ4v) is 6.26. The van der Waals surface area contributed by atoms with Crippen molar-refractivity contribution in [3.63, 3.8) is 0 Å². The Morgan fingerprint density at radius 2 is 1.56 bits per heavy atom. The molecule has 1 N–H and O–H groups in total. The zero-order chi connectivity index (χ0) is 27.6. The number of halogens is 3. The number of nitrogens with one attached hydrogen (secondary N) is 1. The summed E-state index contributed by atoms with van der Waals surface area (Å²) in [5, 5.41) is 4.13. The van der Waals surface area contributed by atoms with Crippen molar-refractivity contribution in [2.24, 2.45) is 0 Å². The summed E-state index contributed by atoms with van der Waals surface area (Å²) in [6.07, 6.45) is 5.62. The van der Waals surface area contributed by atoms with Crippen LogP contribution in [0.1, 0.15) is 48.8 Å². The van der Waals surface area contributed by atoms with Crippen molar-refractivity contribution >= 4 is 46.8 Å². The van der Waals surface area contributed by atoms with Gasteiger partial charge >= 0.3 is 0 Å². The molecule has 1 aliphatic carbocycles. The van der Waals surface area contributed by atoms with Gasteiger partial charge in [-0.3, -0.25) is 9.59 Å². The topological polar surface area (TPSA) is 49.4 Å². The Bertz CT molecular complexity index is 1220. The number of nitrogens with zero attached hydrogens (tertiary/aromatic N) is 1. The van der Waals surface area contributed by atoms with E-state index in [1.165, 1.54) is 30.3 Å². The molecule has 1 atom stereocenters. The molecule has 0 saturated heterocycles. The van der Waals surface area contributed by atoms with E-state index in [0.717, 1.165) is 36.8 Å². The molecular formula is C31H33Cl2FN2O2S. The third-order valence-electron chi connectivity index (χ3n) is 7.02. The second-order valence-corrected chi connectivity index (χ2v) is 11.7. The predicted octanol–water partition coefficient (Wildman–Crippen LogP) is 7.45. The first-order valence-electron chi connectivity index (χ1n) is 13.3. The molecule has 0 unspecified atom stereocenters. The molecule has 0 heterocycles. The van der Waals surface area contributed by atoms with Gasteiger partial charge in [0, 0.05) is 40.4 Å². The van der Waals surface area contributed by atoms with Gasteiger partial charge in [-0.15, -0.1) is 11.8 Å². The van der Waals surface area contributed by atoms with E-state index in [4.69, 9.17) is 23.2 Å². The molecule has 1 fully saturated rings. The summed E-state index contributed by atoms with van der Waals surface area (Å²) in [5.41, 5.74) is 2.50. The lowest BCUT2D eigenvalue weighted by Crippen LogP contribution is -2.53. The van der Waals surface area contributed by atoms with Crippen LogP contribution in [0, 0.1) is 5.82 Å². The van der Waals surface area contributed by atoms with Crippen LogP contribution in [0.3, 0.4) is 0 Å². The maximum atomic E-state index is 13.8. The maximum Gasteiger partial charge on any atom is 0.243 e. The number of hydrogen-bond acceptors (Lipinski definition) is 3. The van der Waals surface area contributed by atoms with Crippen LogP contribution in [0.5, 0.6) is 0 Å². The van der Waals surface area contributed by atoms with Crippen LogP contribution in [0.2, 0.25) is 10.0 Å². The number of amides is 2. The van der Waals surface area contributed by atoms with Crippen LogP contribution in [0.4, 0.5) is 4.39 Å². The van der Waals surface area contributed by atoms with E-state index in [0.29, 0.717) is 27.8 Å². The van der Waals surface area contributed by atoms with Crippen LogP contribution in [0.25, 0.3) is 0 Å². The molecule has 4 nitrogen and oxygen atoms in total. The van der Waals surface area contributed by atoms with Gasteiger partial charge in [-0.2, -0.15) is 0 Å². The van der Waals surface area contributed by atoms with Gasteiger partial charge in [-0.1, -0.05) is 91.0 Å². The fraction of sp³-hybridized carbons (Fsp3) is 0.355. The van der Waals surface area contributed by atoms with E-state index in [2.05, 4.69) is 5.32 Å². The minimum atomic E-state index is -0.736. The van der Waals surface area contributed by atoms with Gasteiger partial charge in [-0.25, -0.2) is 4.39 Å². The minimum Gasteiger partial charge on any atom is -0.352 e. The van der Waals surface area contributed by atoms with Gasteiger partial charge in [0.2, 0.25) is 11.8 Å². The van der Waals surface area contributed by atoms with E-state index in [1.54, 1.807) is 35.2 Å². The summed E-state index contributed by atoms with van der Waals surface area (Å²) in [4.78, 5) is 29.3. The highest BCUT2D eigenvalue weighted by molar-refractivity contribution is 7.99. The molecule has 39 heavy (non-hydrogen) atoms. The first kappa shape index (κ1) is 29.4. The predicted molar refractivity (Wildman–Crippen MR) is 159 cm³/mol. The molecule has 3 aromatic carbocycles. The first-order valence-corrected chi connectivity index (χ1v) is 15.2. The van der Waals surface area contributed by atoms with Gasteiger partial charge < -0.3 is 10.2 Å². The monoisotopic (exact) mass is 586 g/mol. The highest BCUT2D eigenvalue weighted by Crippen LogP contribution is 2.28. The minimum absolute atomic E-state index is 0.109. The average molecular weight is 588 g/mol. The average Bonchev–Trinajstić information content (AvgIpc) is 2.94. The van der Waals surface area contributed by atoms with Gasteiger partial charge in [0.1, 0.15) is 11.9 Å². The molecule has 2 amide bonds. The van der Waals surface area contributed by atoms with Crippen molar-refractivity contribution in [3.8, 4) is 0 Å².